The molecule has 0 radical (unpaired) electrons. The number of hydrogen-bond acceptors (Lipinski definition) is 9. The van der Waals surface area contributed by atoms with Crippen LogP contribution in [0.3, 0.4) is 0 Å². The van der Waals surface area contributed by atoms with E-state index in [9.17, 15) is 4.79 Å². The maximum absolute atomic E-state index is 15.2. The highest BCUT2D eigenvalue weighted by Gasteiger charge is 2.25. The summed E-state index contributed by atoms with van der Waals surface area (Å²) in [6.45, 7) is 4.81. The Hall–Kier alpha value is -4.42. The summed E-state index contributed by atoms with van der Waals surface area (Å²) in [5, 5.41) is 2.59. The maximum atomic E-state index is 15.2. The molecule has 3 heterocycles. The van der Waals surface area contributed by atoms with Crippen molar-refractivity contribution in [3.8, 4) is 28.4 Å². The Bertz CT molecular complexity index is 1500. The number of anilines is 1. The number of amides is 1. The van der Waals surface area contributed by atoms with Crippen LogP contribution in [0.15, 0.2) is 48.9 Å². The largest absolute Gasteiger partial charge is 0.494 e. The van der Waals surface area contributed by atoms with Crippen molar-refractivity contribution in [3.05, 3.63) is 66.1 Å². The summed E-state index contributed by atoms with van der Waals surface area (Å²) in [5.41, 5.74) is 0.965. The number of piperazine rings is 1. The van der Waals surface area contributed by atoms with Gasteiger partial charge in [0.25, 0.3) is 0 Å². The van der Waals surface area contributed by atoms with Crippen LogP contribution in [0.1, 0.15) is 5.56 Å². The molecule has 12 heteroatoms. The normalized spacial score (nSPS) is 14.2. The highest BCUT2D eigenvalue weighted by atomic mass is 19.1. The molecule has 1 N–H and O–H groups in total. The van der Waals surface area contributed by atoms with E-state index in [2.05, 4.69) is 37.1 Å². The van der Waals surface area contributed by atoms with E-state index < -0.39 is 23.3 Å². The van der Waals surface area contributed by atoms with Crippen molar-refractivity contribution in [2.24, 2.45) is 0 Å². The summed E-state index contributed by atoms with van der Waals surface area (Å²) in [5.74, 6) is -1.90. The highest BCUT2D eigenvalue weighted by Crippen LogP contribution is 2.41. The molecule has 40 heavy (non-hydrogen) atoms. The molecular weight excluding hydrogens is 522 g/mol. The van der Waals surface area contributed by atoms with Crippen molar-refractivity contribution in [2.45, 2.75) is 6.54 Å². The lowest BCUT2D eigenvalue weighted by molar-refractivity contribution is 0.148. The highest BCUT2D eigenvalue weighted by molar-refractivity contribution is 5.97. The molecule has 0 saturated carbocycles. The predicted octanol–water partition coefficient (Wildman–Crippen LogP) is 4.35. The fraction of sp³-hybridized carbons (Fsp3) is 0.286. The number of benzene rings is 2. The van der Waals surface area contributed by atoms with Crippen LogP contribution in [-0.2, 0) is 6.54 Å². The number of hydrogen-bond donors (Lipinski definition) is 1. The van der Waals surface area contributed by atoms with Crippen molar-refractivity contribution in [3.63, 3.8) is 0 Å². The van der Waals surface area contributed by atoms with E-state index in [0.717, 1.165) is 44.4 Å². The van der Waals surface area contributed by atoms with Gasteiger partial charge in [0.05, 0.1) is 19.8 Å². The van der Waals surface area contributed by atoms with Gasteiger partial charge in [0.15, 0.2) is 28.9 Å². The van der Waals surface area contributed by atoms with Crippen LogP contribution in [0.4, 0.5) is 19.4 Å². The summed E-state index contributed by atoms with van der Waals surface area (Å²) in [4.78, 5) is 30.2. The van der Waals surface area contributed by atoms with Gasteiger partial charge in [0.1, 0.15) is 16.9 Å². The Labute approximate surface area is 229 Å². The number of rotatable bonds is 7. The molecule has 208 valence electrons. The van der Waals surface area contributed by atoms with E-state index in [1.165, 1.54) is 38.7 Å². The first-order chi connectivity index (χ1) is 19.4. The molecule has 1 aliphatic rings. The lowest BCUT2D eigenvalue weighted by atomic mass is 10.0. The number of pyridine rings is 1. The summed E-state index contributed by atoms with van der Waals surface area (Å²) in [6, 6.07) is 7.52. The Kier molecular flexibility index (Phi) is 7.99. The van der Waals surface area contributed by atoms with Gasteiger partial charge in [0.2, 0.25) is 0 Å². The van der Waals surface area contributed by atoms with Crippen molar-refractivity contribution < 1.29 is 27.8 Å². The molecule has 1 amide bonds. The van der Waals surface area contributed by atoms with Gasteiger partial charge in [-0.15, -0.1) is 0 Å². The molecule has 0 atom stereocenters. The third kappa shape index (κ3) is 5.63. The number of aromatic nitrogens is 3. The quantitative estimate of drug-likeness (QED) is 0.360. The summed E-state index contributed by atoms with van der Waals surface area (Å²) in [7, 11) is 4.64. The van der Waals surface area contributed by atoms with Crippen molar-refractivity contribution >= 4 is 22.9 Å². The lowest BCUT2D eigenvalue weighted by Crippen LogP contribution is -2.43. The molecule has 0 unspecified atom stereocenters. The Morgan fingerprint density at radius 3 is 2.20 bits per heavy atom. The predicted molar refractivity (Wildman–Crippen MR) is 145 cm³/mol. The van der Waals surface area contributed by atoms with E-state index in [-0.39, 0.29) is 33.8 Å². The Morgan fingerprint density at radius 2 is 1.57 bits per heavy atom. The summed E-state index contributed by atoms with van der Waals surface area (Å²) in [6.07, 6.45) is 3.67. The number of halogens is 2. The van der Waals surface area contributed by atoms with Crippen molar-refractivity contribution in [1.82, 2.24) is 24.8 Å². The van der Waals surface area contributed by atoms with Gasteiger partial charge >= 0.3 is 6.09 Å². The molecule has 0 aliphatic carbocycles. The maximum Gasteiger partial charge on any atom is 0.418 e. The monoisotopic (exact) mass is 550 g/mol. The minimum atomic E-state index is -0.929. The molecule has 0 bridgehead atoms. The van der Waals surface area contributed by atoms with E-state index in [0.29, 0.717) is 5.82 Å². The van der Waals surface area contributed by atoms with E-state index >= 15 is 8.78 Å². The lowest BCUT2D eigenvalue weighted by Gasteiger charge is -2.32. The molecule has 2 aromatic carbocycles. The van der Waals surface area contributed by atoms with Crippen molar-refractivity contribution in [1.29, 1.82) is 0 Å². The van der Waals surface area contributed by atoms with Crippen LogP contribution in [0, 0.1) is 11.6 Å². The third-order valence-electron chi connectivity index (χ3n) is 6.69. The minimum absolute atomic E-state index is 0.0479. The Morgan fingerprint density at radius 1 is 0.900 bits per heavy atom. The molecule has 2 aromatic heterocycles. The first kappa shape index (κ1) is 27.2. The number of methoxy groups -OCH3 is 2. The molecule has 4 aromatic rings. The Balaban J connectivity index is 1.35. The van der Waals surface area contributed by atoms with Crippen LogP contribution in [-0.4, -0.2) is 78.3 Å². The van der Waals surface area contributed by atoms with E-state index in [1.54, 1.807) is 12.3 Å². The minimum Gasteiger partial charge on any atom is -0.494 e. The number of ether oxygens (including phenoxy) is 3. The standard InChI is InChI=1S/C28H28F2N6O4/c1-35-10-12-36(13-11-35)16-17-4-7-22(33-15-17)34-28(37)40-19-6-5-18(26-27(19)32-9-8-31-26)23-24(29)20(38-2)14-21(39-3)25(23)30/h4-9,14-15H,10-13,16H2,1-3H3,(H,33,34,37). The van der Waals surface area contributed by atoms with E-state index in [1.807, 2.05) is 6.07 Å². The van der Waals surface area contributed by atoms with Gasteiger partial charge in [-0.1, -0.05) is 6.07 Å². The number of carbonyl (C=O) groups excluding carboxylic acids is 1. The van der Waals surface area contributed by atoms with Gasteiger partial charge in [-0.25, -0.2) is 23.5 Å². The average molecular weight is 551 g/mol. The number of carbonyl (C=O) groups is 1. The van der Waals surface area contributed by atoms with Gasteiger partial charge in [0, 0.05) is 62.9 Å². The van der Waals surface area contributed by atoms with Crippen LogP contribution in [0.2, 0.25) is 0 Å². The molecule has 1 saturated heterocycles. The number of nitrogens with zero attached hydrogens (tertiary/aromatic N) is 5. The topological polar surface area (TPSA) is 102 Å². The third-order valence-corrected chi connectivity index (χ3v) is 6.69. The van der Waals surface area contributed by atoms with Gasteiger partial charge in [-0.2, -0.15) is 0 Å². The summed E-state index contributed by atoms with van der Waals surface area (Å²) < 4.78 is 46.0. The number of likely N-dealkylation sites (N-methyl/N-ethyl adjacent to an activating group) is 1. The van der Waals surface area contributed by atoms with Crippen LogP contribution < -0.4 is 19.5 Å². The van der Waals surface area contributed by atoms with Gasteiger partial charge in [-0.3, -0.25) is 15.2 Å². The van der Waals surface area contributed by atoms with Crippen LogP contribution in [0.25, 0.3) is 22.2 Å². The first-order valence-electron chi connectivity index (χ1n) is 12.6. The van der Waals surface area contributed by atoms with E-state index in [4.69, 9.17) is 14.2 Å². The number of fused-ring (bicyclic) bond motifs is 1. The average Bonchev–Trinajstić information content (AvgIpc) is 2.96. The molecule has 1 aliphatic heterocycles. The second-order valence-electron chi connectivity index (χ2n) is 9.29. The summed E-state index contributed by atoms with van der Waals surface area (Å²) >= 11 is 0. The second-order valence-corrected chi connectivity index (χ2v) is 9.29. The smallest absolute Gasteiger partial charge is 0.418 e. The zero-order valence-electron chi connectivity index (χ0n) is 22.3. The molecule has 10 nitrogen and oxygen atoms in total. The fourth-order valence-electron chi connectivity index (χ4n) is 4.52. The fourth-order valence-corrected chi connectivity index (χ4v) is 4.52. The molecule has 0 spiro atoms. The SMILES string of the molecule is COc1cc(OC)c(F)c(-c2ccc(OC(=O)Nc3ccc(CN4CCN(C)CC4)cn3)c3nccnc23)c1F. The molecule has 1 fully saturated rings. The van der Waals surface area contributed by atoms with Crippen LogP contribution in [0.5, 0.6) is 17.2 Å². The zero-order chi connectivity index (χ0) is 28.2. The van der Waals surface area contributed by atoms with Gasteiger partial charge in [-0.05, 0) is 30.8 Å². The second kappa shape index (κ2) is 11.8. The zero-order valence-corrected chi connectivity index (χ0v) is 22.3. The first-order valence-corrected chi connectivity index (χ1v) is 12.6. The van der Waals surface area contributed by atoms with Crippen LogP contribution >= 0.6 is 0 Å². The van der Waals surface area contributed by atoms with Gasteiger partial charge < -0.3 is 19.1 Å². The molecular formula is C28H28F2N6O4. The number of nitrogens with one attached hydrogen (secondary N) is 1. The molecule has 5 rings (SSSR count). The van der Waals surface area contributed by atoms with Crippen molar-refractivity contribution in [2.75, 3.05) is 52.8 Å².